The summed E-state index contributed by atoms with van der Waals surface area (Å²) in [7, 11) is 0. The largest absolute Gasteiger partial charge is 0.399 e. The Morgan fingerprint density at radius 1 is 1.39 bits per heavy atom. The molecule has 5 heteroatoms. The summed E-state index contributed by atoms with van der Waals surface area (Å²) in [5.74, 6) is 0.775. The summed E-state index contributed by atoms with van der Waals surface area (Å²) in [5, 5.41) is 5.43. The van der Waals surface area contributed by atoms with Crippen LogP contribution in [0, 0.1) is 0 Å². The Labute approximate surface area is 109 Å². The van der Waals surface area contributed by atoms with E-state index in [1.807, 2.05) is 18.2 Å². The van der Waals surface area contributed by atoms with Crippen molar-refractivity contribution in [3.8, 4) is 0 Å². The number of aromatic amines is 1. The van der Waals surface area contributed by atoms with Crippen molar-refractivity contribution in [1.29, 1.82) is 0 Å². The van der Waals surface area contributed by atoms with Gasteiger partial charge in [-0.15, -0.1) is 11.3 Å². The van der Waals surface area contributed by atoms with Gasteiger partial charge in [0.1, 0.15) is 0 Å². The SMILES string of the molecule is CC(Nc1nc2ccc(N)cc2[nH]1)c1cccs1. The third-order valence-electron chi connectivity index (χ3n) is 2.83. The molecule has 92 valence electrons. The average Bonchev–Trinajstić information content (AvgIpc) is 2.95. The van der Waals surface area contributed by atoms with Gasteiger partial charge in [0, 0.05) is 10.6 Å². The fraction of sp³-hybridized carbons (Fsp3) is 0.154. The molecule has 4 nitrogen and oxygen atoms in total. The van der Waals surface area contributed by atoms with Gasteiger partial charge in [-0.1, -0.05) is 6.07 Å². The summed E-state index contributed by atoms with van der Waals surface area (Å²) in [4.78, 5) is 9.00. The van der Waals surface area contributed by atoms with Crippen molar-refractivity contribution < 1.29 is 0 Å². The van der Waals surface area contributed by atoms with E-state index >= 15 is 0 Å². The first kappa shape index (κ1) is 11.1. The Morgan fingerprint density at radius 3 is 3.06 bits per heavy atom. The van der Waals surface area contributed by atoms with Gasteiger partial charge in [0.2, 0.25) is 5.95 Å². The van der Waals surface area contributed by atoms with Gasteiger partial charge in [-0.2, -0.15) is 0 Å². The summed E-state index contributed by atoms with van der Waals surface area (Å²) < 4.78 is 0. The molecule has 0 fully saturated rings. The molecule has 0 aliphatic rings. The van der Waals surface area contributed by atoms with E-state index in [-0.39, 0.29) is 6.04 Å². The maximum atomic E-state index is 5.75. The normalized spacial score (nSPS) is 12.7. The van der Waals surface area contributed by atoms with Gasteiger partial charge in [-0.05, 0) is 36.6 Å². The fourth-order valence-electron chi connectivity index (χ4n) is 1.91. The number of thiophene rings is 1. The molecule has 1 aromatic carbocycles. The maximum absolute atomic E-state index is 5.75. The molecule has 2 aromatic heterocycles. The maximum Gasteiger partial charge on any atom is 0.201 e. The molecular formula is C13H14N4S. The molecule has 2 heterocycles. The van der Waals surface area contributed by atoms with Crippen molar-refractivity contribution in [2.24, 2.45) is 0 Å². The van der Waals surface area contributed by atoms with Gasteiger partial charge in [0.15, 0.2) is 0 Å². The number of hydrogen-bond donors (Lipinski definition) is 3. The number of nitrogens with two attached hydrogens (primary N) is 1. The summed E-state index contributed by atoms with van der Waals surface area (Å²) >= 11 is 1.74. The highest BCUT2D eigenvalue weighted by molar-refractivity contribution is 7.10. The second-order valence-electron chi connectivity index (χ2n) is 4.24. The van der Waals surface area contributed by atoms with E-state index in [1.165, 1.54) is 4.88 Å². The van der Waals surface area contributed by atoms with Crippen LogP contribution in [0.3, 0.4) is 0 Å². The zero-order chi connectivity index (χ0) is 12.5. The molecule has 0 saturated heterocycles. The Morgan fingerprint density at radius 2 is 2.28 bits per heavy atom. The molecule has 18 heavy (non-hydrogen) atoms. The highest BCUT2D eigenvalue weighted by Gasteiger charge is 2.09. The predicted molar refractivity (Wildman–Crippen MR) is 76.9 cm³/mol. The number of benzene rings is 1. The van der Waals surface area contributed by atoms with Crippen LogP contribution in [0.15, 0.2) is 35.7 Å². The summed E-state index contributed by atoms with van der Waals surface area (Å²) in [6, 6.07) is 10.1. The zero-order valence-electron chi connectivity index (χ0n) is 9.97. The first-order valence-electron chi connectivity index (χ1n) is 5.77. The third-order valence-corrected chi connectivity index (χ3v) is 3.88. The number of nitrogens with one attached hydrogen (secondary N) is 2. The Bertz CT molecular complexity index is 657. The van der Waals surface area contributed by atoms with Crippen molar-refractivity contribution in [2.45, 2.75) is 13.0 Å². The molecule has 1 atom stereocenters. The monoisotopic (exact) mass is 258 g/mol. The highest BCUT2D eigenvalue weighted by Crippen LogP contribution is 2.23. The molecule has 4 N–H and O–H groups in total. The van der Waals surface area contributed by atoms with Crippen LogP contribution in [0.25, 0.3) is 11.0 Å². The van der Waals surface area contributed by atoms with Crippen LogP contribution in [-0.4, -0.2) is 9.97 Å². The molecular weight excluding hydrogens is 244 g/mol. The van der Waals surface area contributed by atoms with Gasteiger partial charge in [-0.25, -0.2) is 4.98 Å². The molecule has 0 bridgehead atoms. The van der Waals surface area contributed by atoms with Crippen molar-refractivity contribution in [3.05, 3.63) is 40.6 Å². The number of rotatable bonds is 3. The molecule has 1 unspecified atom stereocenters. The lowest BCUT2D eigenvalue weighted by molar-refractivity contribution is 0.890. The molecule has 3 aromatic rings. The van der Waals surface area contributed by atoms with Gasteiger partial charge in [0.05, 0.1) is 17.1 Å². The van der Waals surface area contributed by atoms with Crippen LogP contribution in [0.4, 0.5) is 11.6 Å². The Hall–Kier alpha value is -2.01. The number of anilines is 2. The van der Waals surface area contributed by atoms with E-state index in [0.29, 0.717) is 0 Å². The first-order chi connectivity index (χ1) is 8.72. The van der Waals surface area contributed by atoms with Crippen molar-refractivity contribution in [3.63, 3.8) is 0 Å². The standard InChI is InChI=1S/C13H14N4S/c1-8(12-3-2-6-18-12)15-13-16-10-5-4-9(14)7-11(10)17-13/h2-8H,14H2,1H3,(H2,15,16,17). The summed E-state index contributed by atoms with van der Waals surface area (Å²) in [5.41, 5.74) is 8.36. The van der Waals surface area contributed by atoms with Crippen molar-refractivity contribution >= 4 is 34.0 Å². The topological polar surface area (TPSA) is 66.7 Å². The zero-order valence-corrected chi connectivity index (χ0v) is 10.8. The van der Waals surface area contributed by atoms with Crippen LogP contribution >= 0.6 is 11.3 Å². The molecule has 0 saturated carbocycles. The van der Waals surface area contributed by atoms with E-state index in [1.54, 1.807) is 11.3 Å². The fourth-order valence-corrected chi connectivity index (χ4v) is 2.64. The summed E-state index contributed by atoms with van der Waals surface area (Å²) in [6.45, 7) is 2.12. The molecule has 3 rings (SSSR count). The number of hydrogen-bond acceptors (Lipinski definition) is 4. The van der Waals surface area contributed by atoms with Crippen molar-refractivity contribution in [2.75, 3.05) is 11.1 Å². The van der Waals surface area contributed by atoms with Crippen LogP contribution in [0.2, 0.25) is 0 Å². The van der Waals surface area contributed by atoms with Crippen LogP contribution in [0.5, 0.6) is 0 Å². The number of nitrogen functional groups attached to an aromatic ring is 1. The Kier molecular flexibility index (Phi) is 2.68. The Balaban J connectivity index is 1.86. The van der Waals surface area contributed by atoms with Crippen LogP contribution in [-0.2, 0) is 0 Å². The van der Waals surface area contributed by atoms with E-state index in [9.17, 15) is 0 Å². The van der Waals surface area contributed by atoms with Crippen LogP contribution < -0.4 is 11.1 Å². The molecule has 0 radical (unpaired) electrons. The molecule has 0 spiro atoms. The molecule has 0 aliphatic heterocycles. The average molecular weight is 258 g/mol. The quantitative estimate of drug-likeness (QED) is 0.631. The van der Waals surface area contributed by atoms with Gasteiger partial charge in [0.25, 0.3) is 0 Å². The van der Waals surface area contributed by atoms with E-state index in [4.69, 9.17) is 5.73 Å². The number of imidazole rings is 1. The molecule has 0 aliphatic carbocycles. The summed E-state index contributed by atoms with van der Waals surface area (Å²) in [6.07, 6.45) is 0. The lowest BCUT2D eigenvalue weighted by atomic mass is 10.3. The van der Waals surface area contributed by atoms with E-state index < -0.39 is 0 Å². The molecule has 0 amide bonds. The lowest BCUT2D eigenvalue weighted by Gasteiger charge is -2.10. The van der Waals surface area contributed by atoms with Gasteiger partial charge < -0.3 is 16.0 Å². The first-order valence-corrected chi connectivity index (χ1v) is 6.65. The smallest absolute Gasteiger partial charge is 0.201 e. The van der Waals surface area contributed by atoms with Gasteiger partial charge >= 0.3 is 0 Å². The lowest BCUT2D eigenvalue weighted by Crippen LogP contribution is -2.05. The number of nitrogens with zero attached hydrogens (tertiary/aromatic N) is 1. The number of aromatic nitrogens is 2. The van der Waals surface area contributed by atoms with E-state index in [2.05, 4.69) is 39.7 Å². The van der Waals surface area contributed by atoms with Gasteiger partial charge in [-0.3, -0.25) is 0 Å². The third kappa shape index (κ3) is 2.04. The van der Waals surface area contributed by atoms with E-state index in [0.717, 1.165) is 22.7 Å². The second kappa shape index (κ2) is 4.34. The second-order valence-corrected chi connectivity index (χ2v) is 5.22. The van der Waals surface area contributed by atoms with Crippen LogP contribution in [0.1, 0.15) is 17.8 Å². The predicted octanol–water partition coefficient (Wildman–Crippen LogP) is 3.38. The minimum atomic E-state index is 0.239. The number of fused-ring (bicyclic) bond motifs is 1. The van der Waals surface area contributed by atoms with Crippen molar-refractivity contribution in [1.82, 2.24) is 9.97 Å². The number of H-pyrrole nitrogens is 1. The minimum absolute atomic E-state index is 0.239. The minimum Gasteiger partial charge on any atom is -0.399 e. The highest BCUT2D eigenvalue weighted by atomic mass is 32.1.